The molecule has 1 N–H and O–H groups in total. The number of benzene rings is 2. The highest BCUT2D eigenvalue weighted by atomic mass is 16.5. The lowest BCUT2D eigenvalue weighted by Gasteiger charge is -2.42. The zero-order valence-electron chi connectivity index (χ0n) is 16.7. The second kappa shape index (κ2) is 7.49. The highest BCUT2D eigenvalue weighted by molar-refractivity contribution is 6.03. The van der Waals surface area contributed by atoms with Crippen LogP contribution in [0.1, 0.15) is 44.1 Å². The average Bonchev–Trinajstić information content (AvgIpc) is 3.09. The van der Waals surface area contributed by atoms with Crippen LogP contribution >= 0.6 is 0 Å². The second-order valence-corrected chi connectivity index (χ2v) is 8.76. The fourth-order valence-electron chi connectivity index (χ4n) is 5.46. The third kappa shape index (κ3) is 3.44. The first-order chi connectivity index (χ1) is 13.7. The third-order valence-corrected chi connectivity index (χ3v) is 7.00. The van der Waals surface area contributed by atoms with Gasteiger partial charge >= 0.3 is 0 Å². The largest absolute Gasteiger partial charge is 0.497 e. The van der Waals surface area contributed by atoms with Crippen molar-refractivity contribution in [2.45, 2.75) is 56.8 Å². The number of rotatable bonds is 4. The van der Waals surface area contributed by atoms with Crippen LogP contribution in [0.15, 0.2) is 36.4 Å². The van der Waals surface area contributed by atoms with E-state index < -0.39 is 0 Å². The Labute approximate surface area is 167 Å². The van der Waals surface area contributed by atoms with E-state index in [9.17, 15) is 0 Å². The number of ether oxygens (including phenoxy) is 2. The number of fused-ring (bicyclic) bond motifs is 3. The third-order valence-electron chi connectivity index (χ3n) is 7.00. The lowest BCUT2D eigenvalue weighted by Crippen LogP contribution is -2.48. The van der Waals surface area contributed by atoms with Gasteiger partial charge in [0.1, 0.15) is 5.75 Å². The topological polar surface area (TPSA) is 45.5 Å². The molecule has 0 saturated carbocycles. The number of nitrogens with one attached hydrogen (secondary N) is 1. The molecule has 5 rings (SSSR count). The van der Waals surface area contributed by atoms with Crippen molar-refractivity contribution in [1.29, 1.82) is 5.41 Å². The molecule has 3 aliphatic heterocycles. The van der Waals surface area contributed by atoms with Crippen LogP contribution in [0.2, 0.25) is 0 Å². The van der Waals surface area contributed by atoms with Gasteiger partial charge in [0, 0.05) is 24.2 Å². The van der Waals surface area contributed by atoms with E-state index in [4.69, 9.17) is 14.9 Å². The number of methoxy groups -OCH3 is 1. The number of likely N-dealkylation sites (tertiary alicyclic amines) is 1. The van der Waals surface area contributed by atoms with Gasteiger partial charge in [-0.2, -0.15) is 0 Å². The van der Waals surface area contributed by atoms with E-state index in [0.717, 1.165) is 30.0 Å². The molecule has 0 amide bonds. The minimum Gasteiger partial charge on any atom is -0.497 e. The number of hydrogen-bond acceptors (Lipinski definition) is 4. The lowest BCUT2D eigenvalue weighted by atomic mass is 9.87. The van der Waals surface area contributed by atoms with E-state index >= 15 is 0 Å². The van der Waals surface area contributed by atoms with Crippen molar-refractivity contribution in [2.75, 3.05) is 20.2 Å². The molecule has 4 nitrogen and oxygen atoms in total. The molecule has 148 valence electrons. The normalized spacial score (nSPS) is 30.5. The van der Waals surface area contributed by atoms with Crippen LogP contribution in [0, 0.1) is 11.3 Å². The van der Waals surface area contributed by atoms with Gasteiger partial charge in [-0.1, -0.05) is 18.2 Å². The standard InChI is InChI=1S/C24H30N2O2/c1-27-21-7-6-16-11-18(5-4-17(16)12-21)24(25)19-3-2-10-26(15-19)20-13-22-8-9-23(14-20)28-22/h4-7,11-12,19-20,22-23,25H,2-3,8-10,13-15H2,1H3. The Hall–Kier alpha value is -1.91. The lowest BCUT2D eigenvalue weighted by molar-refractivity contribution is -0.0416. The van der Waals surface area contributed by atoms with E-state index in [2.05, 4.69) is 35.2 Å². The first kappa shape index (κ1) is 18.1. The maximum absolute atomic E-state index is 8.90. The molecule has 3 fully saturated rings. The van der Waals surface area contributed by atoms with Gasteiger partial charge in [0.05, 0.1) is 19.3 Å². The van der Waals surface area contributed by atoms with Crippen molar-refractivity contribution in [3.8, 4) is 5.75 Å². The first-order valence-electron chi connectivity index (χ1n) is 10.8. The van der Waals surface area contributed by atoms with E-state index in [-0.39, 0.29) is 0 Å². The van der Waals surface area contributed by atoms with E-state index in [1.54, 1.807) is 7.11 Å². The van der Waals surface area contributed by atoms with Gasteiger partial charge in [-0.05, 0) is 79.6 Å². The summed E-state index contributed by atoms with van der Waals surface area (Å²) in [6.45, 7) is 2.22. The number of hydrogen-bond donors (Lipinski definition) is 1. The van der Waals surface area contributed by atoms with Crippen molar-refractivity contribution in [2.24, 2.45) is 5.92 Å². The molecule has 0 spiro atoms. The fourth-order valence-corrected chi connectivity index (χ4v) is 5.46. The highest BCUT2D eigenvalue weighted by Gasteiger charge is 2.39. The van der Waals surface area contributed by atoms with Crippen LogP contribution in [0.25, 0.3) is 10.8 Å². The number of nitrogens with zero attached hydrogens (tertiary/aromatic N) is 1. The van der Waals surface area contributed by atoms with E-state index in [1.807, 2.05) is 6.07 Å². The smallest absolute Gasteiger partial charge is 0.119 e. The summed E-state index contributed by atoms with van der Waals surface area (Å²) in [5.74, 6) is 1.22. The Balaban J connectivity index is 1.31. The number of piperidine rings is 1. The summed E-state index contributed by atoms with van der Waals surface area (Å²) in [6.07, 6.45) is 8.17. The highest BCUT2D eigenvalue weighted by Crippen LogP contribution is 2.36. The summed E-state index contributed by atoms with van der Waals surface area (Å²) < 4.78 is 11.4. The Kier molecular flexibility index (Phi) is 4.85. The van der Waals surface area contributed by atoms with Gasteiger partial charge in [0.25, 0.3) is 0 Å². The summed E-state index contributed by atoms with van der Waals surface area (Å²) in [5.41, 5.74) is 1.87. The van der Waals surface area contributed by atoms with Crippen LogP contribution in [-0.4, -0.2) is 49.1 Å². The molecule has 28 heavy (non-hydrogen) atoms. The van der Waals surface area contributed by atoms with E-state index in [1.165, 1.54) is 49.4 Å². The van der Waals surface area contributed by atoms with Crippen LogP contribution in [0.4, 0.5) is 0 Å². The molecule has 3 heterocycles. The minimum atomic E-state index is 0.338. The van der Waals surface area contributed by atoms with Gasteiger partial charge in [0.2, 0.25) is 0 Å². The molecule has 3 aliphatic rings. The SMILES string of the molecule is COc1ccc2cc(C(=N)C3CCCN(C4CC5CCC(C4)O5)C3)ccc2c1. The molecule has 3 unspecified atom stereocenters. The van der Waals surface area contributed by atoms with Crippen LogP contribution in [-0.2, 0) is 4.74 Å². The summed E-state index contributed by atoms with van der Waals surface area (Å²) in [4.78, 5) is 2.67. The van der Waals surface area contributed by atoms with Gasteiger partial charge < -0.3 is 14.9 Å². The fraction of sp³-hybridized carbons (Fsp3) is 0.542. The molecule has 2 bridgehead atoms. The molecular weight excluding hydrogens is 348 g/mol. The van der Waals surface area contributed by atoms with Crippen molar-refractivity contribution in [1.82, 2.24) is 4.90 Å². The average molecular weight is 379 g/mol. The summed E-state index contributed by atoms with van der Waals surface area (Å²) >= 11 is 0. The van der Waals surface area contributed by atoms with Crippen molar-refractivity contribution < 1.29 is 9.47 Å². The van der Waals surface area contributed by atoms with Gasteiger partial charge in [-0.25, -0.2) is 0 Å². The molecule has 4 heteroatoms. The van der Waals surface area contributed by atoms with Crippen molar-refractivity contribution in [3.63, 3.8) is 0 Å². The maximum atomic E-state index is 8.90. The molecule has 0 aliphatic carbocycles. The van der Waals surface area contributed by atoms with Gasteiger partial charge in [-0.15, -0.1) is 0 Å². The molecule has 3 saturated heterocycles. The van der Waals surface area contributed by atoms with Crippen LogP contribution in [0.3, 0.4) is 0 Å². The first-order valence-corrected chi connectivity index (χ1v) is 10.8. The van der Waals surface area contributed by atoms with Crippen LogP contribution in [0.5, 0.6) is 5.75 Å². The van der Waals surface area contributed by atoms with Crippen molar-refractivity contribution in [3.05, 3.63) is 42.0 Å². The zero-order chi connectivity index (χ0) is 19.1. The molecule has 0 radical (unpaired) electrons. The summed E-state index contributed by atoms with van der Waals surface area (Å²) in [5, 5.41) is 11.2. The molecular formula is C24H30N2O2. The Morgan fingerprint density at radius 2 is 1.79 bits per heavy atom. The van der Waals surface area contributed by atoms with Gasteiger partial charge in [0.15, 0.2) is 0 Å². The van der Waals surface area contributed by atoms with Crippen LogP contribution < -0.4 is 4.74 Å². The minimum absolute atomic E-state index is 0.338. The van der Waals surface area contributed by atoms with Crippen molar-refractivity contribution >= 4 is 16.5 Å². The molecule has 2 aromatic rings. The molecule has 0 aromatic heterocycles. The second-order valence-electron chi connectivity index (χ2n) is 8.76. The Morgan fingerprint density at radius 1 is 1.04 bits per heavy atom. The Bertz CT molecular complexity index is 868. The van der Waals surface area contributed by atoms with E-state index in [0.29, 0.717) is 24.2 Å². The predicted molar refractivity (Wildman–Crippen MR) is 113 cm³/mol. The monoisotopic (exact) mass is 378 g/mol. The van der Waals surface area contributed by atoms with Gasteiger partial charge in [-0.3, -0.25) is 4.90 Å². The predicted octanol–water partition coefficient (Wildman–Crippen LogP) is 4.64. The quantitative estimate of drug-likeness (QED) is 0.789. The molecule has 2 aromatic carbocycles. The summed E-state index contributed by atoms with van der Waals surface area (Å²) in [6, 6.07) is 13.2. The Morgan fingerprint density at radius 3 is 2.57 bits per heavy atom. The summed E-state index contributed by atoms with van der Waals surface area (Å²) in [7, 11) is 1.70. The molecule has 3 atom stereocenters. The maximum Gasteiger partial charge on any atom is 0.119 e. The zero-order valence-corrected chi connectivity index (χ0v) is 16.7.